The number of benzene rings is 1. The highest BCUT2D eigenvalue weighted by Crippen LogP contribution is 2.25. The molecule has 1 aromatic rings. The largest absolute Gasteiger partial charge is 0.481 e. The first-order valence-electron chi connectivity index (χ1n) is 7.42. The molecule has 1 amide bonds. The van der Waals surface area contributed by atoms with E-state index in [4.69, 9.17) is 0 Å². The van der Waals surface area contributed by atoms with Gasteiger partial charge in [0.15, 0.2) is 9.84 Å². The number of carbonyl (C=O) groups excluding carboxylic acids is 1. The van der Waals surface area contributed by atoms with Crippen LogP contribution in [0.3, 0.4) is 0 Å². The molecule has 0 radical (unpaired) electrons. The van der Waals surface area contributed by atoms with Crippen LogP contribution >= 0.6 is 0 Å². The zero-order valence-corrected chi connectivity index (χ0v) is 14.4. The van der Waals surface area contributed by atoms with E-state index in [-0.39, 0.29) is 18.2 Å². The summed E-state index contributed by atoms with van der Waals surface area (Å²) in [4.78, 5) is 23.5. The molecule has 128 valence electrons. The Bertz CT molecular complexity index is 660. The molecule has 0 unspecified atom stereocenters. The molecule has 0 aliphatic rings. The number of aliphatic carboxylic acids is 1. The van der Waals surface area contributed by atoms with Crippen molar-refractivity contribution in [3.05, 3.63) is 35.4 Å². The van der Waals surface area contributed by atoms with Gasteiger partial charge in [-0.05, 0) is 30.5 Å². The fourth-order valence-electron chi connectivity index (χ4n) is 2.28. The third kappa shape index (κ3) is 5.35. The van der Waals surface area contributed by atoms with E-state index in [1.54, 1.807) is 26.0 Å². The zero-order chi connectivity index (χ0) is 17.7. The van der Waals surface area contributed by atoms with Crippen molar-refractivity contribution >= 4 is 21.7 Å². The van der Waals surface area contributed by atoms with Gasteiger partial charge in [-0.3, -0.25) is 9.59 Å². The Labute approximate surface area is 136 Å². The Balaban J connectivity index is 2.77. The normalized spacial score (nSPS) is 12.0. The van der Waals surface area contributed by atoms with Crippen molar-refractivity contribution in [2.75, 3.05) is 12.8 Å². The van der Waals surface area contributed by atoms with Gasteiger partial charge in [0.05, 0.1) is 11.2 Å². The Kier molecular flexibility index (Phi) is 6.32. The van der Waals surface area contributed by atoms with Gasteiger partial charge in [0.1, 0.15) is 0 Å². The molecule has 7 heteroatoms. The molecule has 0 spiro atoms. The molecule has 0 fully saturated rings. The average molecular weight is 341 g/mol. The first-order chi connectivity index (χ1) is 10.6. The van der Waals surface area contributed by atoms with E-state index in [0.717, 1.165) is 6.26 Å². The van der Waals surface area contributed by atoms with Crippen molar-refractivity contribution in [2.45, 2.75) is 32.4 Å². The van der Waals surface area contributed by atoms with Crippen LogP contribution in [-0.4, -0.2) is 38.2 Å². The maximum Gasteiger partial charge on any atom is 0.311 e. The summed E-state index contributed by atoms with van der Waals surface area (Å²) < 4.78 is 22.5. The van der Waals surface area contributed by atoms with Crippen molar-refractivity contribution in [2.24, 2.45) is 5.41 Å². The lowest BCUT2D eigenvalue weighted by atomic mass is 9.82. The molecule has 1 rings (SSSR count). The quantitative estimate of drug-likeness (QED) is 0.751. The molecule has 0 bridgehead atoms. The van der Waals surface area contributed by atoms with Crippen LogP contribution < -0.4 is 5.32 Å². The summed E-state index contributed by atoms with van der Waals surface area (Å²) in [6.07, 6.45) is 1.99. The van der Waals surface area contributed by atoms with E-state index in [2.05, 4.69) is 5.32 Å². The molecule has 0 saturated heterocycles. The molecule has 0 aromatic heterocycles. The second kappa shape index (κ2) is 7.59. The molecule has 0 heterocycles. The molecular formula is C16H23NO5S. The highest BCUT2D eigenvalue weighted by molar-refractivity contribution is 7.89. The number of carbonyl (C=O) groups is 2. The number of nitrogens with one attached hydrogen (secondary N) is 1. The summed E-state index contributed by atoms with van der Waals surface area (Å²) in [5, 5.41) is 12.0. The molecule has 6 nitrogen and oxygen atoms in total. The lowest BCUT2D eigenvalue weighted by molar-refractivity contribution is -0.149. The van der Waals surface area contributed by atoms with Crippen LogP contribution in [0.15, 0.2) is 24.3 Å². The standard InChI is InChI=1S/C16H23NO5S/c1-4-16(5-2,15(19)20)11-17-14(18)13-8-6-12(7-9-13)10-23(3,21)22/h6-9H,4-5,10-11H2,1-3H3,(H,17,18)(H,19,20). The van der Waals surface area contributed by atoms with Crippen molar-refractivity contribution in [3.8, 4) is 0 Å². The topological polar surface area (TPSA) is 101 Å². The van der Waals surface area contributed by atoms with Crippen molar-refractivity contribution in [1.82, 2.24) is 5.32 Å². The van der Waals surface area contributed by atoms with E-state index >= 15 is 0 Å². The number of hydrogen-bond donors (Lipinski definition) is 2. The van der Waals surface area contributed by atoms with E-state index < -0.39 is 21.2 Å². The fraction of sp³-hybridized carbons (Fsp3) is 0.500. The zero-order valence-electron chi connectivity index (χ0n) is 13.6. The number of carboxylic acids is 1. The summed E-state index contributed by atoms with van der Waals surface area (Å²) in [6.45, 7) is 3.62. The number of hydrogen-bond acceptors (Lipinski definition) is 4. The molecule has 0 saturated carbocycles. The van der Waals surface area contributed by atoms with Crippen LogP contribution in [0.5, 0.6) is 0 Å². The molecule has 0 atom stereocenters. The van der Waals surface area contributed by atoms with Crippen molar-refractivity contribution < 1.29 is 23.1 Å². The number of carboxylic acid groups (broad SMARTS) is 1. The SMILES string of the molecule is CCC(CC)(CNC(=O)c1ccc(CS(C)(=O)=O)cc1)C(=O)O. The fourth-order valence-corrected chi connectivity index (χ4v) is 3.08. The first-order valence-corrected chi connectivity index (χ1v) is 9.48. The lowest BCUT2D eigenvalue weighted by Gasteiger charge is -2.26. The minimum Gasteiger partial charge on any atom is -0.481 e. The molecule has 23 heavy (non-hydrogen) atoms. The number of amides is 1. The highest BCUT2D eigenvalue weighted by atomic mass is 32.2. The first kappa shape index (κ1) is 19.2. The monoisotopic (exact) mass is 341 g/mol. The summed E-state index contributed by atoms with van der Waals surface area (Å²) in [5.41, 5.74) is 0.00565. The van der Waals surface area contributed by atoms with E-state index in [1.807, 2.05) is 0 Å². The van der Waals surface area contributed by atoms with Gasteiger partial charge < -0.3 is 10.4 Å². The predicted molar refractivity (Wildman–Crippen MR) is 88.0 cm³/mol. The van der Waals surface area contributed by atoms with Gasteiger partial charge in [0.25, 0.3) is 5.91 Å². The maximum atomic E-state index is 12.1. The van der Waals surface area contributed by atoms with Crippen LogP contribution in [0.25, 0.3) is 0 Å². The summed E-state index contributed by atoms with van der Waals surface area (Å²) in [7, 11) is -3.12. The number of rotatable bonds is 8. The minimum atomic E-state index is -3.12. The highest BCUT2D eigenvalue weighted by Gasteiger charge is 2.35. The lowest BCUT2D eigenvalue weighted by Crippen LogP contribution is -2.42. The van der Waals surface area contributed by atoms with Gasteiger partial charge in [0.2, 0.25) is 0 Å². The van der Waals surface area contributed by atoms with Gasteiger partial charge in [-0.15, -0.1) is 0 Å². The van der Waals surface area contributed by atoms with Crippen LogP contribution in [0.2, 0.25) is 0 Å². The Morgan fingerprint density at radius 3 is 2.04 bits per heavy atom. The van der Waals surface area contributed by atoms with Crippen LogP contribution in [0, 0.1) is 5.41 Å². The smallest absolute Gasteiger partial charge is 0.311 e. The third-order valence-electron chi connectivity index (χ3n) is 4.04. The molecule has 0 aliphatic carbocycles. The predicted octanol–water partition coefficient (Wildman–Crippen LogP) is 1.85. The average Bonchev–Trinajstić information content (AvgIpc) is 2.47. The van der Waals surface area contributed by atoms with Gasteiger partial charge >= 0.3 is 5.97 Å². The van der Waals surface area contributed by atoms with E-state index in [9.17, 15) is 23.1 Å². The molecule has 1 aromatic carbocycles. The van der Waals surface area contributed by atoms with Crippen molar-refractivity contribution in [1.29, 1.82) is 0 Å². The molecule has 0 aliphatic heterocycles. The second-order valence-electron chi connectivity index (χ2n) is 5.74. The van der Waals surface area contributed by atoms with Crippen LogP contribution in [0.1, 0.15) is 42.6 Å². The molecule has 2 N–H and O–H groups in total. The van der Waals surface area contributed by atoms with Gasteiger partial charge in [-0.2, -0.15) is 0 Å². The Morgan fingerprint density at radius 1 is 1.13 bits per heavy atom. The summed E-state index contributed by atoms with van der Waals surface area (Å²) in [5.74, 6) is -1.38. The minimum absolute atomic E-state index is 0.0548. The van der Waals surface area contributed by atoms with Gasteiger partial charge in [0, 0.05) is 18.4 Å². The summed E-state index contributed by atoms with van der Waals surface area (Å²) >= 11 is 0. The Hall–Kier alpha value is -1.89. The second-order valence-corrected chi connectivity index (χ2v) is 7.88. The van der Waals surface area contributed by atoms with Gasteiger partial charge in [-0.1, -0.05) is 26.0 Å². The van der Waals surface area contributed by atoms with Crippen molar-refractivity contribution in [3.63, 3.8) is 0 Å². The van der Waals surface area contributed by atoms with Gasteiger partial charge in [-0.25, -0.2) is 8.42 Å². The van der Waals surface area contributed by atoms with Crippen LogP contribution in [0.4, 0.5) is 0 Å². The van der Waals surface area contributed by atoms with E-state index in [0.29, 0.717) is 24.0 Å². The van der Waals surface area contributed by atoms with Crippen LogP contribution in [-0.2, 0) is 20.4 Å². The van der Waals surface area contributed by atoms with E-state index in [1.165, 1.54) is 12.1 Å². The maximum absolute atomic E-state index is 12.1. The number of sulfone groups is 1. The summed E-state index contributed by atoms with van der Waals surface area (Å²) in [6, 6.07) is 6.24. The Morgan fingerprint density at radius 2 is 1.65 bits per heavy atom. The third-order valence-corrected chi connectivity index (χ3v) is 4.90. The molecular weight excluding hydrogens is 318 g/mol.